The highest BCUT2D eigenvalue weighted by molar-refractivity contribution is 6.30. The van der Waals surface area contributed by atoms with Crippen molar-refractivity contribution in [3.8, 4) is 28.4 Å². The van der Waals surface area contributed by atoms with Gasteiger partial charge >= 0.3 is 0 Å². The summed E-state index contributed by atoms with van der Waals surface area (Å²) in [6, 6.07) is 14.6. The smallest absolute Gasteiger partial charge is 0.203 e. The molecule has 35 heavy (non-hydrogen) atoms. The molecule has 0 saturated carbocycles. The summed E-state index contributed by atoms with van der Waals surface area (Å²) in [4.78, 5) is 7.01. The van der Waals surface area contributed by atoms with Crippen LogP contribution in [0.15, 0.2) is 54.9 Å². The number of hydrogen-bond donors (Lipinski definition) is 1. The summed E-state index contributed by atoms with van der Waals surface area (Å²) < 4.78 is 16.5. The highest BCUT2D eigenvalue weighted by Gasteiger charge is 2.22. The number of hydrogen-bond acceptors (Lipinski definition) is 6. The summed E-state index contributed by atoms with van der Waals surface area (Å²) in [5.41, 5.74) is 4.26. The molecule has 0 atom stereocenters. The van der Waals surface area contributed by atoms with E-state index in [0.29, 0.717) is 23.3 Å². The van der Waals surface area contributed by atoms with Crippen LogP contribution in [0.2, 0.25) is 5.02 Å². The molecule has 9 heteroatoms. The fourth-order valence-corrected chi connectivity index (χ4v) is 4.48. The van der Waals surface area contributed by atoms with Crippen molar-refractivity contribution in [3.05, 3.63) is 65.4 Å². The number of methoxy groups -OCH3 is 3. The van der Waals surface area contributed by atoms with Crippen LogP contribution in [0.3, 0.4) is 0 Å². The molecule has 0 unspecified atom stereocenters. The Kier molecular flexibility index (Phi) is 11.2. The highest BCUT2D eigenvalue weighted by atomic mass is 35.5. The van der Waals surface area contributed by atoms with E-state index in [1.165, 1.54) is 5.69 Å². The average Bonchev–Trinajstić information content (AvgIpc) is 2.87. The number of nitrogens with zero attached hydrogens (tertiary/aromatic N) is 2. The molecule has 1 N–H and O–H groups in total. The van der Waals surface area contributed by atoms with Gasteiger partial charge in [0.25, 0.3) is 0 Å². The Balaban J connectivity index is 0.00000216. The SMILES string of the molecule is COc1cc(-c2cncc(CN(c3ccc(Cl)cc3)C3CCNCC3)c2)cc(OC)c1OC.Cl.Cl. The molecular formula is C26H32Cl3N3O3. The number of rotatable bonds is 8. The van der Waals surface area contributed by atoms with Gasteiger partial charge in [-0.2, -0.15) is 0 Å². The molecule has 1 aromatic heterocycles. The summed E-state index contributed by atoms with van der Waals surface area (Å²) in [6.45, 7) is 2.81. The first-order chi connectivity index (χ1) is 16.1. The van der Waals surface area contributed by atoms with Gasteiger partial charge in [0.15, 0.2) is 11.5 Å². The minimum Gasteiger partial charge on any atom is -0.493 e. The standard InChI is InChI=1S/C26H30ClN3O3.2ClH/c1-31-24-13-19(14-25(32-2)26(24)33-3)20-12-18(15-29-16-20)17-30(23-8-10-28-11-9-23)22-6-4-21(27)5-7-22;;/h4-7,12-16,23,28H,8-11,17H2,1-3H3;2*1H. The van der Waals surface area contributed by atoms with Crippen LogP contribution in [0.1, 0.15) is 18.4 Å². The molecule has 2 heterocycles. The molecule has 0 aliphatic carbocycles. The van der Waals surface area contributed by atoms with E-state index in [9.17, 15) is 0 Å². The van der Waals surface area contributed by atoms with E-state index >= 15 is 0 Å². The number of ether oxygens (including phenoxy) is 3. The van der Waals surface area contributed by atoms with Crippen LogP contribution >= 0.6 is 36.4 Å². The largest absolute Gasteiger partial charge is 0.493 e. The van der Waals surface area contributed by atoms with Gasteiger partial charge in [-0.05, 0) is 79.5 Å². The van der Waals surface area contributed by atoms with Crippen molar-refractivity contribution >= 4 is 42.1 Å². The minimum atomic E-state index is 0. The van der Waals surface area contributed by atoms with Gasteiger partial charge in [0.2, 0.25) is 5.75 Å². The van der Waals surface area contributed by atoms with Gasteiger partial charge < -0.3 is 24.4 Å². The van der Waals surface area contributed by atoms with E-state index in [2.05, 4.69) is 33.4 Å². The second kappa shape index (κ2) is 13.6. The van der Waals surface area contributed by atoms with E-state index in [-0.39, 0.29) is 24.8 Å². The first-order valence-electron chi connectivity index (χ1n) is 11.1. The average molecular weight is 541 g/mol. The summed E-state index contributed by atoms with van der Waals surface area (Å²) in [5, 5.41) is 4.21. The molecule has 1 fully saturated rings. The molecule has 0 amide bonds. The predicted molar refractivity (Wildman–Crippen MR) is 147 cm³/mol. The number of piperidine rings is 1. The summed E-state index contributed by atoms with van der Waals surface area (Å²) in [6.07, 6.45) is 6.00. The van der Waals surface area contributed by atoms with Gasteiger partial charge in [-0.25, -0.2) is 0 Å². The van der Waals surface area contributed by atoms with Gasteiger partial charge in [-0.3, -0.25) is 4.98 Å². The Morgan fingerprint density at radius 1 is 0.886 bits per heavy atom. The predicted octanol–water partition coefficient (Wildman–Crippen LogP) is 6.03. The van der Waals surface area contributed by atoms with Crippen molar-refractivity contribution in [2.45, 2.75) is 25.4 Å². The van der Waals surface area contributed by atoms with Gasteiger partial charge in [0, 0.05) is 41.3 Å². The maximum absolute atomic E-state index is 6.15. The van der Waals surface area contributed by atoms with Crippen molar-refractivity contribution in [1.82, 2.24) is 10.3 Å². The molecular weight excluding hydrogens is 509 g/mol. The molecule has 4 rings (SSSR count). The van der Waals surface area contributed by atoms with Gasteiger partial charge in [0.05, 0.1) is 21.3 Å². The Morgan fingerprint density at radius 2 is 1.51 bits per heavy atom. The van der Waals surface area contributed by atoms with E-state index in [1.54, 1.807) is 21.3 Å². The van der Waals surface area contributed by atoms with Gasteiger partial charge in [-0.15, -0.1) is 24.8 Å². The lowest BCUT2D eigenvalue weighted by molar-refractivity contribution is 0.324. The van der Waals surface area contributed by atoms with E-state index in [1.807, 2.05) is 36.7 Å². The van der Waals surface area contributed by atoms with E-state index in [0.717, 1.165) is 54.2 Å². The molecule has 6 nitrogen and oxygen atoms in total. The number of halogens is 3. The summed E-state index contributed by atoms with van der Waals surface area (Å²) in [7, 11) is 4.85. The topological polar surface area (TPSA) is 55.9 Å². The maximum atomic E-state index is 6.15. The number of pyridine rings is 1. The Morgan fingerprint density at radius 3 is 2.09 bits per heavy atom. The third-order valence-corrected chi connectivity index (χ3v) is 6.31. The quantitative estimate of drug-likeness (QED) is 0.376. The molecule has 3 aromatic rings. The Labute approximate surface area is 224 Å². The first-order valence-corrected chi connectivity index (χ1v) is 11.5. The third kappa shape index (κ3) is 6.85. The van der Waals surface area contributed by atoms with E-state index in [4.69, 9.17) is 25.8 Å². The van der Waals surface area contributed by atoms with Crippen LogP contribution in [0.5, 0.6) is 17.2 Å². The zero-order chi connectivity index (χ0) is 23.2. The van der Waals surface area contributed by atoms with Crippen molar-refractivity contribution in [1.29, 1.82) is 0 Å². The normalized spacial score (nSPS) is 13.3. The van der Waals surface area contributed by atoms with Crippen molar-refractivity contribution in [2.75, 3.05) is 39.3 Å². The zero-order valence-electron chi connectivity index (χ0n) is 20.1. The molecule has 1 aliphatic heterocycles. The van der Waals surface area contributed by atoms with Crippen molar-refractivity contribution < 1.29 is 14.2 Å². The molecule has 1 aliphatic rings. The second-order valence-corrected chi connectivity index (χ2v) is 8.52. The van der Waals surface area contributed by atoms with Crippen LogP contribution in [0, 0.1) is 0 Å². The number of nitrogens with one attached hydrogen (secondary N) is 1. The van der Waals surface area contributed by atoms with Crippen molar-refractivity contribution in [2.24, 2.45) is 0 Å². The van der Waals surface area contributed by atoms with Crippen LogP contribution in [-0.4, -0.2) is 45.4 Å². The molecule has 1 saturated heterocycles. The molecule has 0 radical (unpaired) electrons. The van der Waals surface area contributed by atoms with Gasteiger partial charge in [-0.1, -0.05) is 11.6 Å². The van der Waals surface area contributed by atoms with Crippen LogP contribution in [0.25, 0.3) is 11.1 Å². The highest BCUT2D eigenvalue weighted by Crippen LogP contribution is 2.41. The molecule has 0 spiro atoms. The lowest BCUT2D eigenvalue weighted by atomic mass is 10.0. The van der Waals surface area contributed by atoms with Gasteiger partial charge in [0.1, 0.15) is 0 Å². The molecule has 0 bridgehead atoms. The molecule has 2 aromatic carbocycles. The third-order valence-electron chi connectivity index (χ3n) is 6.05. The summed E-state index contributed by atoms with van der Waals surface area (Å²) in [5.74, 6) is 1.82. The number of benzene rings is 2. The fourth-order valence-electron chi connectivity index (χ4n) is 4.36. The van der Waals surface area contributed by atoms with Crippen LogP contribution in [-0.2, 0) is 6.54 Å². The fraction of sp³-hybridized carbons (Fsp3) is 0.346. The summed E-state index contributed by atoms with van der Waals surface area (Å²) >= 11 is 6.15. The number of anilines is 1. The Hall–Kier alpha value is -2.38. The van der Waals surface area contributed by atoms with Crippen LogP contribution < -0.4 is 24.4 Å². The van der Waals surface area contributed by atoms with E-state index < -0.39 is 0 Å². The minimum absolute atomic E-state index is 0. The lowest BCUT2D eigenvalue weighted by Crippen LogP contribution is -2.43. The lowest BCUT2D eigenvalue weighted by Gasteiger charge is -2.36. The first kappa shape index (κ1) is 28.9. The zero-order valence-corrected chi connectivity index (χ0v) is 22.5. The van der Waals surface area contributed by atoms with Crippen molar-refractivity contribution in [3.63, 3.8) is 0 Å². The monoisotopic (exact) mass is 539 g/mol. The Bertz CT molecular complexity index is 1050. The number of aromatic nitrogens is 1. The van der Waals surface area contributed by atoms with Crippen LogP contribution in [0.4, 0.5) is 5.69 Å². The second-order valence-electron chi connectivity index (χ2n) is 8.08. The maximum Gasteiger partial charge on any atom is 0.203 e. The molecule has 190 valence electrons.